The van der Waals surface area contributed by atoms with Gasteiger partial charge in [-0.05, 0) is 122 Å². The Kier molecular flexibility index (Phi) is 12.0. The zero-order chi connectivity index (χ0) is 29.9. The highest BCUT2D eigenvalue weighted by Crippen LogP contribution is 2.40. The number of aromatic nitrogens is 2. The second-order valence-corrected chi connectivity index (χ2v) is 16.8. The third-order valence-corrected chi connectivity index (χ3v) is 12.4. The van der Waals surface area contributed by atoms with Gasteiger partial charge in [0.2, 0.25) is 0 Å². The standard InChI is InChI=1S/C31H46N2O2S6/c1-30(2,32-26(36)18-24-22(28(32)38)12-16-40-24)14-6-10-20(34)8-5-9-21(35)11-7-15-31(3,4)33-27(37)19-25-23(29(33)39)13-17-41-25/h18-21,34-35,38-39H,5-17H2,1-4H3. The normalized spacial score (nSPS) is 16.6. The van der Waals surface area contributed by atoms with Crippen molar-refractivity contribution in [3.05, 3.63) is 32.5 Å². The van der Waals surface area contributed by atoms with Crippen LogP contribution in [0.4, 0.5) is 0 Å². The van der Waals surface area contributed by atoms with Gasteiger partial charge in [-0.2, -0.15) is 0 Å². The van der Waals surface area contributed by atoms with E-state index in [-0.39, 0.29) is 23.3 Å². The molecule has 0 bridgehead atoms. The molecule has 4 nitrogen and oxygen atoms in total. The quantitative estimate of drug-likeness (QED) is 0.119. The smallest absolute Gasteiger partial charge is 0.108 e. The van der Waals surface area contributed by atoms with Gasteiger partial charge in [-0.25, -0.2) is 0 Å². The molecule has 0 spiro atoms. The summed E-state index contributed by atoms with van der Waals surface area (Å²) in [7, 11) is 0. The van der Waals surface area contributed by atoms with Gasteiger partial charge in [0.1, 0.15) is 9.28 Å². The molecule has 2 unspecified atom stereocenters. The molecule has 0 fully saturated rings. The molecule has 0 amide bonds. The molecule has 2 atom stereocenters. The van der Waals surface area contributed by atoms with Crippen LogP contribution in [-0.4, -0.2) is 43.1 Å². The Morgan fingerprint density at radius 1 is 0.732 bits per heavy atom. The van der Waals surface area contributed by atoms with Crippen LogP contribution in [0.5, 0.6) is 0 Å². The third-order valence-electron chi connectivity index (χ3n) is 8.66. The Morgan fingerprint density at radius 2 is 1.10 bits per heavy atom. The minimum Gasteiger partial charge on any atom is -0.393 e. The number of rotatable bonds is 14. The molecule has 41 heavy (non-hydrogen) atoms. The van der Waals surface area contributed by atoms with Gasteiger partial charge in [0.15, 0.2) is 0 Å². The van der Waals surface area contributed by atoms with Crippen molar-refractivity contribution < 1.29 is 10.2 Å². The van der Waals surface area contributed by atoms with E-state index in [1.165, 1.54) is 20.9 Å². The largest absolute Gasteiger partial charge is 0.393 e. The molecular formula is C31H46N2O2S6. The monoisotopic (exact) mass is 670 g/mol. The van der Waals surface area contributed by atoms with Crippen LogP contribution in [0.1, 0.15) is 96.6 Å². The molecule has 0 radical (unpaired) electrons. The molecule has 2 aliphatic heterocycles. The van der Waals surface area contributed by atoms with E-state index in [2.05, 4.69) is 49.0 Å². The van der Waals surface area contributed by atoms with Gasteiger partial charge in [-0.3, -0.25) is 0 Å². The van der Waals surface area contributed by atoms with Gasteiger partial charge < -0.3 is 19.3 Å². The predicted molar refractivity (Wildman–Crippen MR) is 186 cm³/mol. The van der Waals surface area contributed by atoms with Crippen LogP contribution in [0, 0.1) is 9.28 Å². The molecule has 2 aliphatic rings. The summed E-state index contributed by atoms with van der Waals surface area (Å²) in [5.41, 5.74) is 2.33. The molecule has 228 valence electrons. The molecular weight excluding hydrogens is 625 g/mol. The van der Waals surface area contributed by atoms with Gasteiger partial charge in [0.05, 0.1) is 22.3 Å². The first-order valence-corrected chi connectivity index (χ1v) is 18.6. The first-order valence-electron chi connectivity index (χ1n) is 14.9. The fourth-order valence-corrected chi connectivity index (χ4v) is 11.1. The van der Waals surface area contributed by atoms with E-state index in [0.29, 0.717) is 0 Å². The highest BCUT2D eigenvalue weighted by Gasteiger charge is 2.28. The van der Waals surface area contributed by atoms with E-state index in [0.717, 1.165) is 101 Å². The Bertz CT molecular complexity index is 1250. The average Bonchev–Trinajstić information content (AvgIpc) is 3.53. The number of aliphatic hydroxyl groups is 2. The fourth-order valence-electron chi connectivity index (χ4n) is 6.29. The average molecular weight is 671 g/mol. The summed E-state index contributed by atoms with van der Waals surface area (Å²) in [5, 5.41) is 23.3. The number of aliphatic hydroxyl groups excluding tert-OH is 2. The molecule has 0 saturated carbocycles. The first kappa shape index (κ1) is 33.9. The lowest BCUT2D eigenvalue weighted by molar-refractivity contribution is 0.116. The molecule has 0 aliphatic carbocycles. The maximum atomic E-state index is 10.6. The highest BCUT2D eigenvalue weighted by atomic mass is 32.2. The maximum Gasteiger partial charge on any atom is 0.108 e. The number of pyridine rings is 2. The van der Waals surface area contributed by atoms with Crippen molar-refractivity contribution in [3.8, 4) is 0 Å². The summed E-state index contributed by atoms with van der Waals surface area (Å²) in [6, 6.07) is 4.26. The zero-order valence-electron chi connectivity index (χ0n) is 24.8. The number of nitrogens with zero attached hydrogens (tertiary/aromatic N) is 2. The molecule has 0 aromatic carbocycles. The van der Waals surface area contributed by atoms with Gasteiger partial charge in [-0.15, -0.1) is 48.8 Å². The van der Waals surface area contributed by atoms with Crippen molar-refractivity contribution in [2.45, 2.75) is 141 Å². The molecule has 2 aromatic rings. The SMILES string of the molecule is CC(C)(CCCC(O)CCCC(O)CCCC(C)(C)n1c(S)c2c(cc1=S)SCC2)n1c(S)c2c(cc1=S)SCC2. The summed E-state index contributed by atoms with van der Waals surface area (Å²) in [5.74, 6) is 2.20. The molecule has 10 heteroatoms. The zero-order valence-corrected chi connectivity index (χ0v) is 29.9. The number of hydrogen-bond acceptors (Lipinski definition) is 8. The van der Waals surface area contributed by atoms with Crippen LogP contribution in [0.15, 0.2) is 32.0 Å². The van der Waals surface area contributed by atoms with E-state index in [4.69, 9.17) is 49.7 Å². The van der Waals surface area contributed by atoms with Crippen molar-refractivity contribution in [3.63, 3.8) is 0 Å². The van der Waals surface area contributed by atoms with Crippen LogP contribution in [-0.2, 0) is 23.9 Å². The summed E-state index contributed by atoms with van der Waals surface area (Å²) in [6.07, 6.45) is 8.90. The predicted octanol–water partition coefficient (Wildman–Crippen LogP) is 9.03. The number of fused-ring (bicyclic) bond motifs is 2. The van der Waals surface area contributed by atoms with Crippen LogP contribution in [0.2, 0.25) is 0 Å². The Morgan fingerprint density at radius 3 is 1.49 bits per heavy atom. The maximum absolute atomic E-state index is 10.6. The van der Waals surface area contributed by atoms with Crippen LogP contribution in [0.25, 0.3) is 0 Å². The van der Waals surface area contributed by atoms with Gasteiger partial charge in [-0.1, -0.05) is 24.4 Å². The van der Waals surface area contributed by atoms with Crippen LogP contribution >= 0.6 is 73.2 Å². The van der Waals surface area contributed by atoms with Crippen molar-refractivity contribution in [1.29, 1.82) is 0 Å². The van der Waals surface area contributed by atoms with Gasteiger partial charge >= 0.3 is 0 Å². The van der Waals surface area contributed by atoms with E-state index >= 15 is 0 Å². The lowest BCUT2D eigenvalue weighted by Gasteiger charge is -2.32. The van der Waals surface area contributed by atoms with E-state index in [1.807, 2.05) is 23.5 Å². The fraction of sp³-hybridized carbons (Fsp3) is 0.677. The summed E-state index contributed by atoms with van der Waals surface area (Å²) in [4.78, 5) is 2.56. The third kappa shape index (κ3) is 8.21. The van der Waals surface area contributed by atoms with Crippen LogP contribution < -0.4 is 0 Å². The summed E-state index contributed by atoms with van der Waals surface area (Å²) < 4.78 is 6.09. The topological polar surface area (TPSA) is 50.3 Å². The molecule has 4 heterocycles. The van der Waals surface area contributed by atoms with Gasteiger partial charge in [0, 0.05) is 32.4 Å². The lowest BCUT2D eigenvalue weighted by Crippen LogP contribution is -2.29. The van der Waals surface area contributed by atoms with Crippen molar-refractivity contribution in [1.82, 2.24) is 9.13 Å². The Hall–Kier alpha value is 0.0600. The Labute approximate surface area is 276 Å². The highest BCUT2D eigenvalue weighted by molar-refractivity contribution is 8.00. The number of thioether (sulfide) groups is 2. The molecule has 2 aromatic heterocycles. The first-order chi connectivity index (χ1) is 19.3. The second-order valence-electron chi connectivity index (χ2n) is 12.8. The number of thiol groups is 2. The van der Waals surface area contributed by atoms with Crippen molar-refractivity contribution in [2.24, 2.45) is 0 Å². The minimum absolute atomic E-state index is 0.156. The van der Waals surface area contributed by atoms with Crippen molar-refractivity contribution >= 4 is 73.2 Å². The lowest BCUT2D eigenvalue weighted by atomic mass is 9.93. The van der Waals surface area contributed by atoms with Crippen LogP contribution in [0.3, 0.4) is 0 Å². The van der Waals surface area contributed by atoms with E-state index in [9.17, 15) is 10.2 Å². The molecule has 2 N–H and O–H groups in total. The second kappa shape index (κ2) is 14.4. The van der Waals surface area contributed by atoms with Gasteiger partial charge in [0.25, 0.3) is 0 Å². The minimum atomic E-state index is -0.342. The van der Waals surface area contributed by atoms with Crippen molar-refractivity contribution in [2.75, 3.05) is 11.5 Å². The molecule has 4 rings (SSSR count). The number of hydrogen-bond donors (Lipinski definition) is 4. The summed E-state index contributed by atoms with van der Waals surface area (Å²) >= 11 is 24.9. The van der Waals surface area contributed by atoms with E-state index < -0.39 is 0 Å². The van der Waals surface area contributed by atoms with E-state index in [1.54, 1.807) is 0 Å². The summed E-state index contributed by atoms with van der Waals surface area (Å²) in [6.45, 7) is 8.87. The Balaban J connectivity index is 1.17. The molecule has 0 saturated heterocycles.